The summed E-state index contributed by atoms with van der Waals surface area (Å²) >= 11 is 0. The lowest BCUT2D eigenvalue weighted by Gasteiger charge is -2.38. The average molecular weight is 284 g/mol. The third-order valence-corrected chi connectivity index (χ3v) is 4.69. The van der Waals surface area contributed by atoms with Gasteiger partial charge in [0.1, 0.15) is 0 Å². The molecule has 0 bridgehead atoms. The van der Waals surface area contributed by atoms with E-state index in [2.05, 4.69) is 37.9 Å². The molecule has 0 saturated carbocycles. The Morgan fingerprint density at radius 2 is 1.95 bits per heavy atom. The highest BCUT2D eigenvalue weighted by Gasteiger charge is 2.40. The lowest BCUT2D eigenvalue weighted by atomic mass is 9.90. The summed E-state index contributed by atoms with van der Waals surface area (Å²) < 4.78 is 11.5. The van der Waals surface area contributed by atoms with E-state index in [4.69, 9.17) is 9.47 Å². The maximum Gasteiger partial charge on any atom is 0.0951 e. The third-order valence-electron chi connectivity index (χ3n) is 4.69. The maximum absolute atomic E-state index is 5.99. The fourth-order valence-electron chi connectivity index (χ4n) is 3.58. The monoisotopic (exact) mass is 284 g/mol. The second-order valence-corrected chi connectivity index (χ2v) is 6.90. The number of nitrogens with zero attached hydrogens (tertiary/aromatic N) is 1. The van der Waals surface area contributed by atoms with Crippen molar-refractivity contribution in [2.24, 2.45) is 0 Å². The van der Waals surface area contributed by atoms with Gasteiger partial charge in [0.2, 0.25) is 0 Å². The first-order valence-corrected chi connectivity index (χ1v) is 8.23. The van der Waals surface area contributed by atoms with Crippen molar-refractivity contribution in [2.75, 3.05) is 32.9 Å². The normalized spacial score (nSPS) is 31.1. The van der Waals surface area contributed by atoms with Crippen LogP contribution in [0.1, 0.15) is 47.0 Å². The Hall–Kier alpha value is -0.160. The van der Waals surface area contributed by atoms with Crippen molar-refractivity contribution in [3.8, 4) is 0 Å². The Bertz CT molecular complexity index is 280. The molecule has 1 N–H and O–H groups in total. The van der Waals surface area contributed by atoms with Crippen molar-refractivity contribution in [3.63, 3.8) is 0 Å². The Morgan fingerprint density at radius 1 is 1.20 bits per heavy atom. The molecule has 2 aliphatic rings. The van der Waals surface area contributed by atoms with Crippen molar-refractivity contribution in [1.82, 2.24) is 10.2 Å². The van der Waals surface area contributed by atoms with E-state index < -0.39 is 0 Å². The van der Waals surface area contributed by atoms with Crippen LogP contribution in [0.25, 0.3) is 0 Å². The van der Waals surface area contributed by atoms with Gasteiger partial charge in [0.25, 0.3) is 0 Å². The lowest BCUT2D eigenvalue weighted by Crippen LogP contribution is -2.49. The summed E-state index contributed by atoms with van der Waals surface area (Å²) in [6.07, 6.45) is 3.30. The van der Waals surface area contributed by atoms with Crippen LogP contribution in [-0.4, -0.2) is 61.5 Å². The average Bonchev–Trinajstić information content (AvgIpc) is 2.82. The minimum Gasteiger partial charge on any atom is -0.378 e. The van der Waals surface area contributed by atoms with Crippen LogP contribution in [0.4, 0.5) is 0 Å². The molecule has 0 aromatic carbocycles. The summed E-state index contributed by atoms with van der Waals surface area (Å²) in [7, 11) is 0. The molecule has 0 aromatic rings. The summed E-state index contributed by atoms with van der Waals surface area (Å²) in [6.45, 7) is 13.8. The first kappa shape index (κ1) is 16.2. The lowest BCUT2D eigenvalue weighted by molar-refractivity contribution is -0.0894. The second-order valence-electron chi connectivity index (χ2n) is 6.90. The van der Waals surface area contributed by atoms with Gasteiger partial charge >= 0.3 is 0 Å². The highest BCUT2D eigenvalue weighted by molar-refractivity contribution is 4.92. The quantitative estimate of drug-likeness (QED) is 0.809. The van der Waals surface area contributed by atoms with Crippen LogP contribution in [-0.2, 0) is 9.47 Å². The van der Waals surface area contributed by atoms with Gasteiger partial charge in [0, 0.05) is 50.8 Å². The molecule has 2 fully saturated rings. The highest BCUT2D eigenvalue weighted by Crippen LogP contribution is 2.32. The summed E-state index contributed by atoms with van der Waals surface area (Å²) in [5, 5.41) is 3.74. The molecule has 0 aromatic heterocycles. The molecule has 2 unspecified atom stereocenters. The zero-order chi connectivity index (χ0) is 14.6. The van der Waals surface area contributed by atoms with Crippen molar-refractivity contribution in [2.45, 2.75) is 70.7 Å². The molecule has 2 heterocycles. The van der Waals surface area contributed by atoms with Crippen molar-refractivity contribution in [3.05, 3.63) is 0 Å². The number of nitrogens with one attached hydrogen (secondary N) is 1. The van der Waals surface area contributed by atoms with Gasteiger partial charge < -0.3 is 14.8 Å². The first-order valence-electron chi connectivity index (χ1n) is 8.23. The number of rotatable bonds is 6. The molecule has 0 aliphatic carbocycles. The van der Waals surface area contributed by atoms with E-state index in [0.717, 1.165) is 52.2 Å². The summed E-state index contributed by atoms with van der Waals surface area (Å²) in [4.78, 5) is 2.54. The molecule has 2 atom stereocenters. The zero-order valence-corrected chi connectivity index (χ0v) is 13.7. The van der Waals surface area contributed by atoms with E-state index in [0.29, 0.717) is 18.1 Å². The molecule has 4 nitrogen and oxygen atoms in total. The van der Waals surface area contributed by atoms with Gasteiger partial charge in [-0.2, -0.15) is 0 Å². The highest BCUT2D eigenvalue weighted by atomic mass is 16.6. The van der Waals surface area contributed by atoms with E-state index in [9.17, 15) is 0 Å². The maximum atomic E-state index is 5.99. The van der Waals surface area contributed by atoms with Crippen LogP contribution in [0.3, 0.4) is 0 Å². The molecule has 1 spiro atoms. The van der Waals surface area contributed by atoms with Gasteiger partial charge in [0.05, 0.1) is 12.2 Å². The minimum atomic E-state index is 0.0195. The Kier molecular flexibility index (Phi) is 5.84. The molecule has 0 amide bonds. The number of hydrogen-bond acceptors (Lipinski definition) is 4. The third kappa shape index (κ3) is 4.17. The number of hydrogen-bond donors (Lipinski definition) is 1. The Labute approximate surface area is 124 Å². The van der Waals surface area contributed by atoms with E-state index in [-0.39, 0.29) is 5.60 Å². The van der Waals surface area contributed by atoms with Crippen LogP contribution >= 0.6 is 0 Å². The second kappa shape index (κ2) is 7.21. The van der Waals surface area contributed by atoms with E-state index >= 15 is 0 Å². The van der Waals surface area contributed by atoms with Gasteiger partial charge in [0.15, 0.2) is 0 Å². The molecule has 0 radical (unpaired) electrons. The van der Waals surface area contributed by atoms with Crippen molar-refractivity contribution < 1.29 is 9.47 Å². The van der Waals surface area contributed by atoms with Crippen LogP contribution in [0.2, 0.25) is 0 Å². The predicted octanol–water partition coefficient (Wildman–Crippen LogP) is 2.03. The molecular formula is C16H32N2O2. The Morgan fingerprint density at radius 3 is 2.55 bits per heavy atom. The van der Waals surface area contributed by atoms with Crippen molar-refractivity contribution in [1.29, 1.82) is 0 Å². The van der Waals surface area contributed by atoms with Gasteiger partial charge in [-0.25, -0.2) is 0 Å². The van der Waals surface area contributed by atoms with Crippen LogP contribution in [0.5, 0.6) is 0 Å². The van der Waals surface area contributed by atoms with E-state index in [1.165, 1.54) is 0 Å². The molecule has 2 rings (SSSR count). The Balaban J connectivity index is 1.73. The van der Waals surface area contributed by atoms with Crippen molar-refractivity contribution >= 4 is 0 Å². The molecular weight excluding hydrogens is 252 g/mol. The fourth-order valence-corrected chi connectivity index (χ4v) is 3.58. The first-order chi connectivity index (χ1) is 9.52. The summed E-state index contributed by atoms with van der Waals surface area (Å²) in [6, 6.07) is 1.81. The van der Waals surface area contributed by atoms with Crippen LogP contribution in [0, 0.1) is 0 Å². The van der Waals surface area contributed by atoms with E-state index in [1.807, 2.05) is 0 Å². The number of ether oxygens (including phenoxy) is 2. The van der Waals surface area contributed by atoms with Crippen LogP contribution < -0.4 is 5.32 Å². The fraction of sp³-hybridized carbons (Fsp3) is 1.00. The van der Waals surface area contributed by atoms with Gasteiger partial charge in [-0.3, -0.25) is 4.90 Å². The van der Waals surface area contributed by atoms with Gasteiger partial charge in [-0.15, -0.1) is 0 Å². The molecule has 4 heteroatoms. The summed E-state index contributed by atoms with van der Waals surface area (Å²) in [5.41, 5.74) is 0.0195. The molecule has 2 aliphatic heterocycles. The molecule has 118 valence electrons. The standard InChI is InChI=1S/C16H32N2O2/c1-13(2)18(14(3)4)8-7-17-15-5-9-20-16(11-15)6-10-19-12-16/h13-15,17H,5-12H2,1-4H3. The zero-order valence-electron chi connectivity index (χ0n) is 13.7. The van der Waals surface area contributed by atoms with Crippen LogP contribution in [0.15, 0.2) is 0 Å². The SMILES string of the molecule is CC(C)N(CCNC1CCOC2(CCOC2)C1)C(C)C. The van der Waals surface area contributed by atoms with Gasteiger partial charge in [-0.05, 0) is 40.5 Å². The molecule has 20 heavy (non-hydrogen) atoms. The predicted molar refractivity (Wildman–Crippen MR) is 82.1 cm³/mol. The smallest absolute Gasteiger partial charge is 0.0951 e. The molecule has 2 saturated heterocycles. The minimum absolute atomic E-state index is 0.0195. The van der Waals surface area contributed by atoms with E-state index in [1.54, 1.807) is 0 Å². The van der Waals surface area contributed by atoms with Gasteiger partial charge in [-0.1, -0.05) is 0 Å². The summed E-state index contributed by atoms with van der Waals surface area (Å²) in [5.74, 6) is 0. The topological polar surface area (TPSA) is 33.7 Å². The largest absolute Gasteiger partial charge is 0.378 e.